The van der Waals surface area contributed by atoms with Crippen molar-refractivity contribution >= 4 is 62.1 Å². The second kappa shape index (κ2) is 8.13. The van der Waals surface area contributed by atoms with Crippen molar-refractivity contribution in [2.75, 3.05) is 6.61 Å². The summed E-state index contributed by atoms with van der Waals surface area (Å²) in [5.41, 5.74) is 3.67. The van der Waals surface area contributed by atoms with Crippen LogP contribution in [0.25, 0.3) is 6.08 Å². The number of carboxylic acid groups (broad SMARTS) is 1. The highest BCUT2D eigenvalue weighted by Gasteiger charge is 2.36. The van der Waals surface area contributed by atoms with Gasteiger partial charge in [0.1, 0.15) is 10.6 Å². The van der Waals surface area contributed by atoms with E-state index < -0.39 is 28.5 Å². The van der Waals surface area contributed by atoms with E-state index in [1.54, 1.807) is 48.5 Å². The highest BCUT2D eigenvalue weighted by Crippen LogP contribution is 2.33. The summed E-state index contributed by atoms with van der Waals surface area (Å²) in [7, 11) is -3.84. The van der Waals surface area contributed by atoms with E-state index in [1.807, 2.05) is 0 Å². The number of benzene rings is 2. The molecule has 2 aliphatic rings. The normalized spacial score (nSPS) is 18.1. The Labute approximate surface area is 186 Å². The topological polar surface area (TPSA) is 125 Å². The zero-order valence-corrected chi connectivity index (χ0v) is 18.0. The standard InChI is InChI=1S/C19H13N3O6S3/c23-16(24)10-28-12-5-3-4-11(8-12)9-14-18(25)22(19(29)30-14)20-17-13-6-1-2-7-15(13)31(26,27)21-17/h1-9H,10H2,(H,20,21)(H,23,24). The van der Waals surface area contributed by atoms with Crippen LogP contribution in [0.5, 0.6) is 5.75 Å². The van der Waals surface area contributed by atoms with Crippen molar-refractivity contribution in [1.82, 2.24) is 10.4 Å². The number of nitrogens with zero attached hydrogens (tertiary/aromatic N) is 2. The SMILES string of the molecule is O=C(O)COc1cccc(C=C2SC(=S)N(NC3=NS(=O)(=O)c4ccccc43)C2=O)c1. The lowest BCUT2D eigenvalue weighted by Crippen LogP contribution is -2.44. The lowest BCUT2D eigenvalue weighted by atomic mass is 10.2. The number of amidine groups is 1. The van der Waals surface area contributed by atoms with Gasteiger partial charge in [0.2, 0.25) is 0 Å². The average molecular weight is 476 g/mol. The van der Waals surface area contributed by atoms with Crippen LogP contribution in [-0.4, -0.2) is 47.2 Å². The first-order valence-corrected chi connectivity index (χ1v) is 11.3. The summed E-state index contributed by atoms with van der Waals surface area (Å²) in [6.45, 7) is -0.484. The van der Waals surface area contributed by atoms with Crippen LogP contribution in [0.15, 0.2) is 62.7 Å². The van der Waals surface area contributed by atoms with Crippen molar-refractivity contribution in [3.05, 3.63) is 64.6 Å². The molecule has 1 fully saturated rings. The number of amides is 1. The molecule has 2 aromatic rings. The van der Waals surface area contributed by atoms with Gasteiger partial charge in [0.05, 0.1) is 4.91 Å². The maximum atomic E-state index is 12.9. The number of rotatable bonds is 5. The molecule has 0 bridgehead atoms. The number of aliphatic carboxylic acids is 1. The average Bonchev–Trinajstić information content (AvgIpc) is 3.14. The zero-order valence-electron chi connectivity index (χ0n) is 15.5. The summed E-state index contributed by atoms with van der Waals surface area (Å²) >= 11 is 6.30. The van der Waals surface area contributed by atoms with Gasteiger partial charge in [-0.05, 0) is 48.1 Å². The first kappa shape index (κ1) is 21.0. The number of thioether (sulfide) groups is 1. The molecule has 9 nitrogen and oxygen atoms in total. The fraction of sp³-hybridized carbons (Fsp3) is 0.0526. The number of nitrogens with one attached hydrogen (secondary N) is 1. The highest BCUT2D eigenvalue weighted by atomic mass is 32.2. The molecular formula is C19H13N3O6S3. The third-order valence-corrected chi connectivity index (χ3v) is 6.80. The monoisotopic (exact) mass is 475 g/mol. The van der Waals surface area contributed by atoms with Gasteiger partial charge in [-0.3, -0.25) is 10.2 Å². The molecule has 4 rings (SSSR count). The van der Waals surface area contributed by atoms with E-state index in [4.69, 9.17) is 22.1 Å². The van der Waals surface area contributed by atoms with E-state index in [0.29, 0.717) is 21.8 Å². The molecule has 0 spiro atoms. The van der Waals surface area contributed by atoms with E-state index in [1.165, 1.54) is 6.07 Å². The Morgan fingerprint density at radius 1 is 1.26 bits per heavy atom. The van der Waals surface area contributed by atoms with Gasteiger partial charge in [-0.25, -0.2) is 4.79 Å². The van der Waals surface area contributed by atoms with E-state index in [0.717, 1.165) is 16.8 Å². The van der Waals surface area contributed by atoms with E-state index in [-0.39, 0.29) is 15.1 Å². The number of ether oxygens (including phenoxy) is 1. The smallest absolute Gasteiger partial charge is 0.341 e. The largest absolute Gasteiger partial charge is 0.482 e. The van der Waals surface area contributed by atoms with Crippen LogP contribution in [0.1, 0.15) is 11.1 Å². The van der Waals surface area contributed by atoms with Gasteiger partial charge in [-0.2, -0.15) is 13.4 Å². The minimum absolute atomic E-state index is 0.0113. The summed E-state index contributed by atoms with van der Waals surface area (Å²) in [5, 5.41) is 9.78. The Balaban J connectivity index is 1.55. The Hall–Kier alpha value is -3.22. The number of carbonyl (C=O) groups excluding carboxylic acids is 1. The van der Waals surface area contributed by atoms with Crippen LogP contribution >= 0.6 is 24.0 Å². The van der Waals surface area contributed by atoms with Crippen molar-refractivity contribution in [2.45, 2.75) is 4.90 Å². The fourth-order valence-electron chi connectivity index (χ4n) is 2.85. The first-order valence-electron chi connectivity index (χ1n) is 8.68. The number of carbonyl (C=O) groups is 2. The molecule has 12 heteroatoms. The molecule has 0 aromatic heterocycles. The molecule has 1 amide bonds. The Morgan fingerprint density at radius 3 is 2.81 bits per heavy atom. The second-order valence-electron chi connectivity index (χ2n) is 6.29. The number of thiocarbonyl (C=S) groups is 1. The van der Waals surface area contributed by atoms with Crippen molar-refractivity contribution in [3.8, 4) is 5.75 Å². The number of hydrogen-bond donors (Lipinski definition) is 2. The van der Waals surface area contributed by atoms with Gasteiger partial charge >= 0.3 is 5.97 Å². The van der Waals surface area contributed by atoms with Crippen molar-refractivity contribution in [3.63, 3.8) is 0 Å². The lowest BCUT2D eigenvalue weighted by molar-refractivity contribution is -0.139. The second-order valence-corrected chi connectivity index (χ2v) is 9.54. The lowest BCUT2D eigenvalue weighted by Gasteiger charge is -2.16. The van der Waals surface area contributed by atoms with Gasteiger partial charge in [0, 0.05) is 5.56 Å². The maximum absolute atomic E-state index is 12.9. The quantitative estimate of drug-likeness (QED) is 0.493. The van der Waals surface area contributed by atoms with Gasteiger partial charge < -0.3 is 9.84 Å². The molecule has 31 heavy (non-hydrogen) atoms. The molecule has 0 aliphatic carbocycles. The summed E-state index contributed by atoms with van der Waals surface area (Å²) in [6, 6.07) is 12.9. The van der Waals surface area contributed by atoms with Crippen LogP contribution in [0.4, 0.5) is 0 Å². The number of carboxylic acids is 1. The molecule has 0 atom stereocenters. The van der Waals surface area contributed by atoms with Crippen LogP contribution in [-0.2, 0) is 19.6 Å². The molecule has 2 N–H and O–H groups in total. The number of fused-ring (bicyclic) bond motifs is 1. The van der Waals surface area contributed by atoms with Gasteiger partial charge in [0.25, 0.3) is 15.9 Å². The molecular weight excluding hydrogens is 462 g/mol. The molecule has 2 aromatic carbocycles. The van der Waals surface area contributed by atoms with Gasteiger partial charge in [0.15, 0.2) is 16.8 Å². The highest BCUT2D eigenvalue weighted by molar-refractivity contribution is 8.26. The minimum Gasteiger partial charge on any atom is -0.482 e. The third kappa shape index (κ3) is 4.31. The van der Waals surface area contributed by atoms with Crippen LogP contribution < -0.4 is 10.2 Å². The molecule has 0 saturated carbocycles. The predicted octanol–water partition coefficient (Wildman–Crippen LogP) is 2.00. The van der Waals surface area contributed by atoms with E-state index in [2.05, 4.69) is 9.82 Å². The van der Waals surface area contributed by atoms with Crippen molar-refractivity contribution in [1.29, 1.82) is 0 Å². The Kier molecular flexibility index (Phi) is 5.52. The van der Waals surface area contributed by atoms with Crippen LogP contribution in [0.2, 0.25) is 0 Å². The van der Waals surface area contributed by atoms with Gasteiger partial charge in [-0.15, -0.1) is 4.40 Å². The Morgan fingerprint density at radius 2 is 2.03 bits per heavy atom. The zero-order chi connectivity index (χ0) is 22.2. The third-order valence-electron chi connectivity index (χ3n) is 4.16. The summed E-state index contributed by atoms with van der Waals surface area (Å²) in [4.78, 5) is 23.9. The summed E-state index contributed by atoms with van der Waals surface area (Å²) < 4.78 is 33.4. The molecule has 158 valence electrons. The molecule has 0 radical (unpaired) electrons. The molecule has 2 aliphatic heterocycles. The molecule has 2 heterocycles. The van der Waals surface area contributed by atoms with Crippen molar-refractivity contribution in [2.24, 2.45) is 4.40 Å². The molecule has 1 saturated heterocycles. The first-order chi connectivity index (χ1) is 14.7. The number of hydrazine groups is 1. The van der Waals surface area contributed by atoms with Crippen molar-refractivity contribution < 1.29 is 27.9 Å². The van der Waals surface area contributed by atoms with E-state index in [9.17, 15) is 18.0 Å². The fourth-order valence-corrected chi connectivity index (χ4v) is 5.20. The van der Waals surface area contributed by atoms with E-state index >= 15 is 0 Å². The molecule has 0 unspecified atom stereocenters. The predicted molar refractivity (Wildman–Crippen MR) is 118 cm³/mol. The minimum atomic E-state index is -3.84. The maximum Gasteiger partial charge on any atom is 0.341 e. The number of hydrogen-bond acceptors (Lipinski definition) is 8. The Bertz CT molecular complexity index is 1290. The van der Waals surface area contributed by atoms with Gasteiger partial charge in [-0.1, -0.05) is 36.0 Å². The summed E-state index contributed by atoms with van der Waals surface area (Å²) in [5.74, 6) is -1.23. The van der Waals surface area contributed by atoms with Crippen LogP contribution in [0, 0.1) is 0 Å². The number of sulfonamides is 1. The summed E-state index contributed by atoms with van der Waals surface area (Å²) in [6.07, 6.45) is 1.58. The van der Waals surface area contributed by atoms with Crippen LogP contribution in [0.3, 0.4) is 0 Å².